The van der Waals surface area contributed by atoms with Crippen LogP contribution < -0.4 is 0 Å². The highest BCUT2D eigenvalue weighted by Crippen LogP contribution is 2.36. The van der Waals surface area contributed by atoms with Crippen LogP contribution in [0.5, 0.6) is 0 Å². The SMILES string of the molecule is Brc1ccc2nc(-c3ccccc3)c(Sc3ccccc3)n2c1. The van der Waals surface area contributed by atoms with E-state index in [2.05, 4.69) is 62.9 Å². The number of fused-ring (bicyclic) bond motifs is 1. The van der Waals surface area contributed by atoms with Crippen LogP contribution in [0, 0.1) is 0 Å². The Labute approximate surface area is 147 Å². The summed E-state index contributed by atoms with van der Waals surface area (Å²) in [6.07, 6.45) is 2.07. The van der Waals surface area contributed by atoms with Gasteiger partial charge in [0.05, 0.1) is 0 Å². The van der Waals surface area contributed by atoms with Crippen molar-refractivity contribution >= 4 is 33.3 Å². The molecule has 4 aromatic rings. The van der Waals surface area contributed by atoms with Crippen LogP contribution in [-0.4, -0.2) is 9.38 Å². The molecule has 2 nitrogen and oxygen atoms in total. The van der Waals surface area contributed by atoms with Crippen LogP contribution in [0.2, 0.25) is 0 Å². The maximum Gasteiger partial charge on any atom is 0.138 e. The standard InChI is InChI=1S/C19H13BrN2S/c20-15-11-12-17-21-18(14-7-3-1-4-8-14)19(22(17)13-15)23-16-9-5-2-6-10-16/h1-13H. The summed E-state index contributed by atoms with van der Waals surface area (Å²) in [4.78, 5) is 6.04. The van der Waals surface area contributed by atoms with E-state index in [4.69, 9.17) is 4.98 Å². The van der Waals surface area contributed by atoms with E-state index in [-0.39, 0.29) is 0 Å². The molecule has 4 heteroatoms. The van der Waals surface area contributed by atoms with Gasteiger partial charge in [0.1, 0.15) is 16.4 Å². The van der Waals surface area contributed by atoms with Gasteiger partial charge in [-0.15, -0.1) is 0 Å². The lowest BCUT2D eigenvalue weighted by atomic mass is 10.2. The fourth-order valence-electron chi connectivity index (χ4n) is 2.48. The van der Waals surface area contributed by atoms with Gasteiger partial charge in [-0.25, -0.2) is 4.98 Å². The van der Waals surface area contributed by atoms with Crippen LogP contribution in [0.3, 0.4) is 0 Å². The van der Waals surface area contributed by atoms with Crippen LogP contribution in [0.15, 0.2) is 93.4 Å². The number of rotatable bonds is 3. The zero-order chi connectivity index (χ0) is 15.6. The highest BCUT2D eigenvalue weighted by atomic mass is 79.9. The Kier molecular flexibility index (Phi) is 3.93. The van der Waals surface area contributed by atoms with Gasteiger partial charge in [-0.05, 0) is 40.2 Å². The first-order valence-corrected chi connectivity index (χ1v) is 8.88. The van der Waals surface area contributed by atoms with E-state index in [9.17, 15) is 0 Å². The summed E-state index contributed by atoms with van der Waals surface area (Å²) < 4.78 is 3.18. The molecule has 0 aliphatic carbocycles. The van der Waals surface area contributed by atoms with Gasteiger partial charge >= 0.3 is 0 Å². The summed E-state index contributed by atoms with van der Waals surface area (Å²) in [5.74, 6) is 0. The third-order valence-electron chi connectivity index (χ3n) is 3.54. The molecule has 0 aliphatic rings. The van der Waals surface area contributed by atoms with Gasteiger partial charge in [-0.3, -0.25) is 4.40 Å². The van der Waals surface area contributed by atoms with E-state index in [1.54, 1.807) is 11.8 Å². The number of pyridine rings is 1. The Balaban J connectivity index is 1.93. The van der Waals surface area contributed by atoms with Crippen molar-refractivity contribution in [2.45, 2.75) is 9.92 Å². The molecular formula is C19H13BrN2S. The van der Waals surface area contributed by atoms with Crippen molar-refractivity contribution < 1.29 is 0 Å². The highest BCUT2D eigenvalue weighted by molar-refractivity contribution is 9.10. The van der Waals surface area contributed by atoms with Crippen molar-refractivity contribution in [3.8, 4) is 11.3 Å². The monoisotopic (exact) mass is 380 g/mol. The number of halogens is 1. The second-order valence-corrected chi connectivity index (χ2v) is 7.10. The molecule has 0 fully saturated rings. The van der Waals surface area contributed by atoms with E-state index in [0.29, 0.717) is 0 Å². The molecule has 0 aliphatic heterocycles. The van der Waals surface area contributed by atoms with Crippen LogP contribution in [0.4, 0.5) is 0 Å². The van der Waals surface area contributed by atoms with E-state index < -0.39 is 0 Å². The largest absolute Gasteiger partial charge is 0.293 e. The summed E-state index contributed by atoms with van der Waals surface area (Å²) in [7, 11) is 0. The Morgan fingerprint density at radius 1 is 0.826 bits per heavy atom. The van der Waals surface area contributed by atoms with E-state index in [1.165, 1.54) is 4.90 Å². The van der Waals surface area contributed by atoms with Crippen molar-refractivity contribution in [3.63, 3.8) is 0 Å². The predicted molar refractivity (Wildman–Crippen MR) is 98.9 cm³/mol. The molecule has 0 bridgehead atoms. The van der Waals surface area contributed by atoms with Crippen LogP contribution in [-0.2, 0) is 0 Å². The van der Waals surface area contributed by atoms with Crippen LogP contribution in [0.1, 0.15) is 0 Å². The van der Waals surface area contributed by atoms with Crippen molar-refractivity contribution in [2.75, 3.05) is 0 Å². The zero-order valence-electron chi connectivity index (χ0n) is 12.2. The molecule has 0 amide bonds. The third kappa shape index (κ3) is 2.92. The molecule has 4 rings (SSSR count). The Hall–Kier alpha value is -2.04. The summed E-state index contributed by atoms with van der Waals surface area (Å²) >= 11 is 5.29. The molecular weight excluding hydrogens is 368 g/mol. The van der Waals surface area contributed by atoms with Gasteiger partial charge in [0.15, 0.2) is 0 Å². The van der Waals surface area contributed by atoms with Gasteiger partial charge in [-0.1, -0.05) is 60.3 Å². The molecule has 0 radical (unpaired) electrons. The van der Waals surface area contributed by atoms with E-state index >= 15 is 0 Å². The molecule has 112 valence electrons. The molecule has 2 heterocycles. The second-order valence-electron chi connectivity index (χ2n) is 5.12. The normalized spacial score (nSPS) is 11.0. The lowest BCUT2D eigenvalue weighted by Gasteiger charge is -2.05. The number of nitrogens with zero attached hydrogens (tertiary/aromatic N) is 2. The maximum absolute atomic E-state index is 4.84. The number of aromatic nitrogens is 2. The first kappa shape index (κ1) is 14.5. The van der Waals surface area contributed by atoms with Crippen molar-refractivity contribution in [1.29, 1.82) is 0 Å². The second kappa shape index (κ2) is 6.22. The first-order chi connectivity index (χ1) is 11.3. The lowest BCUT2D eigenvalue weighted by Crippen LogP contribution is -1.87. The summed E-state index contributed by atoms with van der Waals surface area (Å²) in [5.41, 5.74) is 3.09. The van der Waals surface area contributed by atoms with E-state index in [1.807, 2.05) is 36.4 Å². The van der Waals surface area contributed by atoms with Crippen molar-refractivity contribution in [2.24, 2.45) is 0 Å². The molecule has 2 aromatic carbocycles. The highest BCUT2D eigenvalue weighted by Gasteiger charge is 2.15. The Bertz CT molecular complexity index is 949. The fraction of sp³-hybridized carbons (Fsp3) is 0. The number of hydrogen-bond donors (Lipinski definition) is 0. The van der Waals surface area contributed by atoms with Crippen molar-refractivity contribution in [1.82, 2.24) is 9.38 Å². The number of hydrogen-bond acceptors (Lipinski definition) is 2. The minimum absolute atomic E-state index is 0.950. The van der Waals surface area contributed by atoms with Gasteiger partial charge in [0, 0.05) is 21.1 Å². The average molecular weight is 381 g/mol. The minimum Gasteiger partial charge on any atom is -0.293 e. The molecule has 0 N–H and O–H groups in total. The Morgan fingerprint density at radius 3 is 2.26 bits per heavy atom. The summed E-state index contributed by atoms with van der Waals surface area (Å²) in [6.45, 7) is 0. The first-order valence-electron chi connectivity index (χ1n) is 7.27. The zero-order valence-corrected chi connectivity index (χ0v) is 14.6. The van der Waals surface area contributed by atoms with E-state index in [0.717, 1.165) is 26.4 Å². The fourth-order valence-corrected chi connectivity index (χ4v) is 3.84. The van der Waals surface area contributed by atoms with Crippen molar-refractivity contribution in [3.05, 3.63) is 83.5 Å². The minimum atomic E-state index is 0.950. The van der Waals surface area contributed by atoms with Crippen LogP contribution >= 0.6 is 27.7 Å². The topological polar surface area (TPSA) is 17.3 Å². The molecule has 0 saturated heterocycles. The smallest absolute Gasteiger partial charge is 0.138 e. The van der Waals surface area contributed by atoms with Crippen LogP contribution in [0.25, 0.3) is 16.9 Å². The number of benzene rings is 2. The third-order valence-corrected chi connectivity index (χ3v) is 5.10. The maximum atomic E-state index is 4.84. The summed E-state index contributed by atoms with van der Waals surface area (Å²) in [5, 5.41) is 1.12. The average Bonchev–Trinajstić information content (AvgIpc) is 2.95. The molecule has 0 unspecified atom stereocenters. The van der Waals surface area contributed by atoms with Gasteiger partial charge in [-0.2, -0.15) is 0 Å². The van der Waals surface area contributed by atoms with Gasteiger partial charge in [0.25, 0.3) is 0 Å². The molecule has 23 heavy (non-hydrogen) atoms. The molecule has 0 saturated carbocycles. The molecule has 0 spiro atoms. The predicted octanol–water partition coefficient (Wildman–Crippen LogP) is 5.92. The van der Waals surface area contributed by atoms with Gasteiger partial charge in [0.2, 0.25) is 0 Å². The molecule has 0 atom stereocenters. The van der Waals surface area contributed by atoms with Gasteiger partial charge < -0.3 is 0 Å². The lowest BCUT2D eigenvalue weighted by molar-refractivity contribution is 1.04. The molecule has 2 aromatic heterocycles. The summed E-state index contributed by atoms with van der Waals surface area (Å²) in [6, 6.07) is 24.8. The number of imidazole rings is 1. The Morgan fingerprint density at radius 2 is 1.52 bits per heavy atom. The quantitative estimate of drug-likeness (QED) is 0.439.